The van der Waals surface area contributed by atoms with Gasteiger partial charge in [-0.1, -0.05) is 52.3 Å². The van der Waals surface area contributed by atoms with E-state index in [0.717, 1.165) is 20.6 Å². The van der Waals surface area contributed by atoms with Crippen LogP contribution in [-0.2, 0) is 5.75 Å². The molecule has 0 aromatic heterocycles. The first-order chi connectivity index (χ1) is 14.0. The van der Waals surface area contributed by atoms with Crippen molar-refractivity contribution in [2.45, 2.75) is 5.75 Å². The SMILES string of the molecule is N#CC1=C2C(=CC([N+](=O)[O-])=CN2Nc2cccc(Br)c2)S(Cc2ccccc2)=C1. The Balaban J connectivity index is 1.73. The predicted octanol–water partition coefficient (Wildman–Crippen LogP) is 5.16. The van der Waals surface area contributed by atoms with Gasteiger partial charge < -0.3 is 0 Å². The molecule has 2 heterocycles. The Bertz CT molecular complexity index is 1160. The highest BCUT2D eigenvalue weighted by atomic mass is 79.9. The number of nitro groups is 1. The molecule has 2 aliphatic rings. The summed E-state index contributed by atoms with van der Waals surface area (Å²) in [5.41, 5.74) is 6.20. The van der Waals surface area contributed by atoms with Crippen molar-refractivity contribution in [2.24, 2.45) is 0 Å². The smallest absolute Gasteiger partial charge is 0.288 e. The molecule has 2 aromatic rings. The van der Waals surface area contributed by atoms with Crippen molar-refractivity contribution in [2.75, 3.05) is 5.43 Å². The Hall–Kier alpha value is -3.15. The second kappa shape index (κ2) is 8.07. The number of halogens is 1. The van der Waals surface area contributed by atoms with Crippen LogP contribution in [0, 0.1) is 21.4 Å². The minimum absolute atomic E-state index is 0.0237. The van der Waals surface area contributed by atoms with Crippen LogP contribution in [0.5, 0.6) is 0 Å². The van der Waals surface area contributed by atoms with E-state index in [4.69, 9.17) is 0 Å². The summed E-state index contributed by atoms with van der Waals surface area (Å²) in [4.78, 5) is 11.9. The van der Waals surface area contributed by atoms with Crippen LogP contribution < -0.4 is 5.43 Å². The van der Waals surface area contributed by atoms with E-state index in [0.29, 0.717) is 17.0 Å². The molecule has 0 spiro atoms. The van der Waals surface area contributed by atoms with E-state index in [1.165, 1.54) is 6.20 Å². The molecule has 144 valence electrons. The lowest BCUT2D eigenvalue weighted by Crippen LogP contribution is -2.28. The summed E-state index contributed by atoms with van der Waals surface area (Å²) in [6.07, 6.45) is 3.00. The topological polar surface area (TPSA) is 82.2 Å². The first kappa shape index (κ1) is 19.2. The molecule has 0 saturated carbocycles. The van der Waals surface area contributed by atoms with Crippen LogP contribution in [0.1, 0.15) is 5.56 Å². The van der Waals surface area contributed by atoms with Crippen molar-refractivity contribution in [3.8, 4) is 6.07 Å². The highest BCUT2D eigenvalue weighted by molar-refractivity contribution is 9.10. The van der Waals surface area contributed by atoms with Gasteiger partial charge in [0.25, 0.3) is 5.70 Å². The van der Waals surface area contributed by atoms with E-state index in [2.05, 4.69) is 27.4 Å². The zero-order valence-corrected chi connectivity index (χ0v) is 17.5. The number of hydrogen-bond acceptors (Lipinski definition) is 5. The van der Waals surface area contributed by atoms with E-state index in [1.807, 2.05) is 60.0 Å². The molecule has 8 heteroatoms. The van der Waals surface area contributed by atoms with Crippen LogP contribution in [0.15, 0.2) is 93.2 Å². The molecule has 2 aromatic carbocycles. The molecular formula is C21H15BrN4O2S. The Labute approximate surface area is 178 Å². The summed E-state index contributed by atoms with van der Waals surface area (Å²) in [7, 11) is -0.442. The Morgan fingerprint density at radius 2 is 2.00 bits per heavy atom. The van der Waals surface area contributed by atoms with Crippen molar-refractivity contribution in [3.63, 3.8) is 0 Å². The largest absolute Gasteiger partial charge is 0.294 e. The number of nitriles is 1. The maximum atomic E-state index is 11.6. The lowest BCUT2D eigenvalue weighted by molar-refractivity contribution is -0.420. The molecule has 6 nitrogen and oxygen atoms in total. The Morgan fingerprint density at radius 1 is 1.21 bits per heavy atom. The quantitative estimate of drug-likeness (QED) is 0.373. The minimum atomic E-state index is -0.442. The van der Waals surface area contributed by atoms with Crippen molar-refractivity contribution < 1.29 is 4.92 Å². The van der Waals surface area contributed by atoms with Crippen molar-refractivity contribution >= 4 is 37.5 Å². The number of nitrogens with one attached hydrogen (secondary N) is 1. The van der Waals surface area contributed by atoms with Crippen LogP contribution in [0.2, 0.25) is 0 Å². The van der Waals surface area contributed by atoms with Gasteiger partial charge in [-0.15, -0.1) is 10.5 Å². The average Bonchev–Trinajstić information content (AvgIpc) is 3.06. The summed E-state index contributed by atoms with van der Waals surface area (Å²) in [6.45, 7) is 0. The molecule has 0 radical (unpaired) electrons. The molecule has 1 atom stereocenters. The maximum absolute atomic E-state index is 11.6. The Kier molecular flexibility index (Phi) is 5.34. The molecule has 29 heavy (non-hydrogen) atoms. The minimum Gasteiger partial charge on any atom is -0.294 e. The van der Waals surface area contributed by atoms with Gasteiger partial charge in [-0.3, -0.25) is 20.5 Å². The predicted molar refractivity (Wildman–Crippen MR) is 119 cm³/mol. The summed E-state index contributed by atoms with van der Waals surface area (Å²) in [6, 6.07) is 19.7. The van der Waals surface area contributed by atoms with Gasteiger partial charge in [-0.2, -0.15) is 5.26 Å². The van der Waals surface area contributed by atoms with Crippen molar-refractivity contribution in [1.82, 2.24) is 5.01 Å². The first-order valence-corrected chi connectivity index (χ1v) is 10.9. The number of fused-ring (bicyclic) bond motifs is 1. The number of allylic oxidation sites excluding steroid dienone is 2. The summed E-state index contributed by atoms with van der Waals surface area (Å²) in [5.74, 6) is 0.692. The van der Waals surface area contributed by atoms with Gasteiger partial charge >= 0.3 is 0 Å². The number of benzene rings is 2. The number of rotatable bonds is 5. The third-order valence-electron chi connectivity index (χ3n) is 4.38. The summed E-state index contributed by atoms with van der Waals surface area (Å²) >= 11 is 3.43. The Morgan fingerprint density at radius 3 is 2.69 bits per heavy atom. The zero-order chi connectivity index (χ0) is 20.4. The summed E-state index contributed by atoms with van der Waals surface area (Å²) in [5, 5.41) is 24.8. The highest BCUT2D eigenvalue weighted by Gasteiger charge is 2.32. The summed E-state index contributed by atoms with van der Waals surface area (Å²) < 4.78 is 0.880. The fourth-order valence-corrected chi connectivity index (χ4v) is 5.61. The van der Waals surface area contributed by atoms with Gasteiger partial charge in [-0.25, -0.2) is 0 Å². The van der Waals surface area contributed by atoms with Crippen LogP contribution in [0.4, 0.5) is 5.69 Å². The molecule has 1 N–H and O–H groups in total. The fourth-order valence-electron chi connectivity index (χ4n) is 3.12. The number of anilines is 1. The molecule has 2 aliphatic heterocycles. The van der Waals surface area contributed by atoms with Gasteiger partial charge in [-0.05, 0) is 29.1 Å². The zero-order valence-electron chi connectivity index (χ0n) is 15.1. The van der Waals surface area contributed by atoms with E-state index < -0.39 is 15.4 Å². The van der Waals surface area contributed by atoms with E-state index in [-0.39, 0.29) is 5.70 Å². The average molecular weight is 467 g/mol. The molecule has 4 rings (SSSR count). The molecule has 0 saturated heterocycles. The molecule has 0 aliphatic carbocycles. The molecule has 1 unspecified atom stereocenters. The molecule has 0 bridgehead atoms. The van der Waals surface area contributed by atoms with E-state index >= 15 is 0 Å². The van der Waals surface area contributed by atoms with Crippen LogP contribution in [0.25, 0.3) is 0 Å². The standard InChI is InChI=1S/C21H15BrN4O2S/c22-17-7-4-8-18(9-17)24-25-12-19(26(27)28)10-20-21(25)16(11-23)14-29(20)13-15-5-2-1-3-6-15/h1-10,12,14,24H,13H2. The first-order valence-electron chi connectivity index (χ1n) is 8.68. The third-order valence-corrected chi connectivity index (χ3v) is 6.92. The van der Waals surface area contributed by atoms with Crippen molar-refractivity contribution in [1.29, 1.82) is 5.26 Å². The van der Waals surface area contributed by atoms with Gasteiger partial charge in [0.2, 0.25) is 0 Å². The lowest BCUT2D eigenvalue weighted by Gasteiger charge is -2.28. The van der Waals surface area contributed by atoms with Gasteiger partial charge in [0.15, 0.2) is 0 Å². The number of hydrazine groups is 1. The maximum Gasteiger partial charge on any atom is 0.288 e. The van der Waals surface area contributed by atoms with Crippen LogP contribution >= 0.6 is 26.4 Å². The van der Waals surface area contributed by atoms with Gasteiger partial charge in [0, 0.05) is 21.2 Å². The fraction of sp³-hybridized carbons (Fsp3) is 0.0476. The molecular weight excluding hydrogens is 452 g/mol. The second-order valence-electron chi connectivity index (χ2n) is 6.36. The van der Waals surface area contributed by atoms with Gasteiger partial charge in [0.1, 0.15) is 12.3 Å². The van der Waals surface area contributed by atoms with Gasteiger partial charge in [0.05, 0.1) is 21.9 Å². The van der Waals surface area contributed by atoms with Crippen LogP contribution in [0.3, 0.4) is 0 Å². The lowest BCUT2D eigenvalue weighted by atomic mass is 10.2. The normalized spacial score (nSPS) is 17.7. The van der Waals surface area contributed by atoms with E-state index in [1.54, 1.807) is 11.1 Å². The second-order valence-corrected chi connectivity index (χ2v) is 9.10. The van der Waals surface area contributed by atoms with Crippen LogP contribution in [-0.4, -0.2) is 15.3 Å². The molecule has 0 amide bonds. The molecule has 0 fully saturated rings. The van der Waals surface area contributed by atoms with Crippen molar-refractivity contribution in [3.05, 3.63) is 109 Å². The van der Waals surface area contributed by atoms with E-state index in [9.17, 15) is 15.4 Å². The third kappa shape index (κ3) is 4.01. The number of nitrogens with zero attached hydrogens (tertiary/aromatic N) is 3. The highest BCUT2D eigenvalue weighted by Crippen LogP contribution is 2.45. The monoisotopic (exact) mass is 466 g/mol. The number of hydrogen-bond donors (Lipinski definition) is 1.